The van der Waals surface area contributed by atoms with Gasteiger partial charge in [-0.1, -0.05) is 35.0 Å². The molecular formula is C9H7Cl2N3O3S2. The average Bonchev–Trinajstić information content (AvgIpc) is 2.31. The Labute approximate surface area is 124 Å². The van der Waals surface area contributed by atoms with E-state index in [2.05, 4.69) is 10.3 Å². The molecule has 6 nitrogen and oxygen atoms in total. The zero-order valence-electron chi connectivity index (χ0n) is 9.39. The Morgan fingerprint density at radius 1 is 1.47 bits per heavy atom. The zero-order chi connectivity index (χ0) is 14.6. The molecule has 102 valence electrons. The molecule has 0 saturated carbocycles. The highest BCUT2D eigenvalue weighted by Gasteiger charge is 2.17. The minimum absolute atomic E-state index is 0.0247. The van der Waals surface area contributed by atoms with Gasteiger partial charge in [0.2, 0.25) is 0 Å². The van der Waals surface area contributed by atoms with Crippen molar-refractivity contribution in [3.8, 4) is 6.19 Å². The lowest BCUT2D eigenvalue weighted by atomic mass is 10.3. The summed E-state index contributed by atoms with van der Waals surface area (Å²) in [6, 6.07) is 2.17. The maximum absolute atomic E-state index is 11.0. The first kappa shape index (κ1) is 16.1. The van der Waals surface area contributed by atoms with Crippen molar-refractivity contribution < 1.29 is 13.0 Å². The van der Waals surface area contributed by atoms with Crippen LogP contribution in [0.5, 0.6) is 0 Å². The fourth-order valence-electron chi connectivity index (χ4n) is 1.08. The molecule has 0 bridgehead atoms. The number of rotatable bonds is 2. The third kappa shape index (κ3) is 4.26. The van der Waals surface area contributed by atoms with Crippen LogP contribution in [0.25, 0.3) is 0 Å². The Kier molecular flexibility index (Phi) is 5.46. The van der Waals surface area contributed by atoms with Crippen molar-refractivity contribution in [3.63, 3.8) is 0 Å². The molecule has 0 amide bonds. The number of hydrogen-bond acceptors (Lipinski definition) is 5. The Morgan fingerprint density at radius 3 is 2.58 bits per heavy atom. The number of nitriles is 1. The highest BCUT2D eigenvalue weighted by molar-refractivity contribution is 8.13. The number of thioether (sulfide) groups is 1. The Balaban J connectivity index is 3.35. The van der Waals surface area contributed by atoms with Crippen LogP contribution in [0.1, 0.15) is 0 Å². The van der Waals surface area contributed by atoms with Gasteiger partial charge in [0.1, 0.15) is 4.90 Å². The molecule has 0 radical (unpaired) electrons. The van der Waals surface area contributed by atoms with Gasteiger partial charge < -0.3 is 0 Å². The molecule has 0 aliphatic carbocycles. The topological polar surface area (TPSA) is 103 Å². The number of halogens is 2. The van der Waals surface area contributed by atoms with Gasteiger partial charge in [0.05, 0.1) is 15.7 Å². The van der Waals surface area contributed by atoms with Crippen LogP contribution in [0.4, 0.5) is 5.69 Å². The first-order valence-electron chi connectivity index (χ1n) is 4.54. The molecule has 0 fully saturated rings. The van der Waals surface area contributed by atoms with E-state index in [1.807, 2.05) is 0 Å². The van der Waals surface area contributed by atoms with E-state index in [9.17, 15) is 8.42 Å². The fraction of sp³-hybridized carbons (Fsp3) is 0.111. The highest BCUT2D eigenvalue weighted by Crippen LogP contribution is 2.34. The summed E-state index contributed by atoms with van der Waals surface area (Å²) in [5.41, 5.74) is 0.172. The van der Waals surface area contributed by atoms with Crippen LogP contribution in [0, 0.1) is 11.5 Å². The SMILES string of the molecule is CSC(=Nc1cc(Cl)c(S(=O)(=O)O)cc1Cl)NC#N. The average molecular weight is 340 g/mol. The van der Waals surface area contributed by atoms with Crippen LogP contribution in [-0.4, -0.2) is 24.4 Å². The van der Waals surface area contributed by atoms with E-state index in [1.54, 1.807) is 12.4 Å². The number of benzene rings is 1. The van der Waals surface area contributed by atoms with E-state index in [0.717, 1.165) is 17.8 Å². The maximum atomic E-state index is 11.0. The molecular weight excluding hydrogens is 333 g/mol. The summed E-state index contributed by atoms with van der Waals surface area (Å²) in [6.45, 7) is 0. The molecule has 1 aromatic carbocycles. The van der Waals surface area contributed by atoms with Gasteiger partial charge in [-0.25, -0.2) is 4.99 Å². The number of nitrogens with zero attached hydrogens (tertiary/aromatic N) is 2. The smallest absolute Gasteiger partial charge is 0.282 e. The van der Waals surface area contributed by atoms with Crippen molar-refractivity contribution >= 4 is 55.9 Å². The number of amidine groups is 1. The minimum atomic E-state index is -4.46. The molecule has 19 heavy (non-hydrogen) atoms. The molecule has 1 rings (SSSR count). The standard InChI is InChI=1S/C9H7Cl2N3O3S2/c1-18-9(13-4-12)14-7-2-6(11)8(3-5(7)10)19(15,16)17/h2-3H,1H3,(H,13,14)(H,15,16,17). The molecule has 0 heterocycles. The van der Waals surface area contributed by atoms with Crippen LogP contribution in [0.15, 0.2) is 22.0 Å². The predicted molar refractivity (Wildman–Crippen MR) is 75.6 cm³/mol. The number of nitrogens with one attached hydrogen (secondary N) is 1. The molecule has 10 heteroatoms. The molecule has 2 N–H and O–H groups in total. The lowest BCUT2D eigenvalue weighted by molar-refractivity contribution is 0.483. The monoisotopic (exact) mass is 339 g/mol. The molecule has 0 unspecified atom stereocenters. The third-order valence-electron chi connectivity index (χ3n) is 1.86. The van der Waals surface area contributed by atoms with Gasteiger partial charge in [-0.05, 0) is 18.4 Å². The van der Waals surface area contributed by atoms with Gasteiger partial charge in [0.15, 0.2) is 11.4 Å². The van der Waals surface area contributed by atoms with Gasteiger partial charge in [-0.3, -0.25) is 9.87 Å². The normalized spacial score (nSPS) is 12.1. The van der Waals surface area contributed by atoms with Crippen molar-refractivity contribution in [1.29, 1.82) is 5.26 Å². The third-order valence-corrected chi connectivity index (χ3v) is 4.06. The Hall–Kier alpha value is -0.980. The molecule has 0 aliphatic rings. The van der Waals surface area contributed by atoms with Crippen molar-refractivity contribution in [1.82, 2.24) is 5.32 Å². The van der Waals surface area contributed by atoms with Gasteiger partial charge in [-0.2, -0.15) is 13.7 Å². The molecule has 0 spiro atoms. The van der Waals surface area contributed by atoms with E-state index >= 15 is 0 Å². The Bertz CT molecular complexity index is 668. The molecule has 0 saturated heterocycles. The van der Waals surface area contributed by atoms with E-state index in [0.29, 0.717) is 0 Å². The van der Waals surface area contributed by atoms with Crippen LogP contribution in [0.3, 0.4) is 0 Å². The van der Waals surface area contributed by atoms with E-state index in [4.69, 9.17) is 33.0 Å². The van der Waals surface area contributed by atoms with Crippen LogP contribution >= 0.6 is 35.0 Å². The second kappa shape index (κ2) is 6.45. The van der Waals surface area contributed by atoms with Crippen molar-refractivity contribution in [2.24, 2.45) is 4.99 Å². The van der Waals surface area contributed by atoms with E-state index in [1.165, 1.54) is 6.07 Å². The van der Waals surface area contributed by atoms with Crippen LogP contribution < -0.4 is 5.32 Å². The maximum Gasteiger partial charge on any atom is 0.296 e. The summed E-state index contributed by atoms with van der Waals surface area (Å²) in [5.74, 6) is 0. The lowest BCUT2D eigenvalue weighted by Crippen LogP contribution is -2.12. The minimum Gasteiger partial charge on any atom is -0.282 e. The second-order valence-corrected chi connectivity index (χ2v) is 6.07. The molecule has 1 aromatic rings. The van der Waals surface area contributed by atoms with Crippen molar-refractivity contribution in [2.45, 2.75) is 4.90 Å². The molecule has 0 atom stereocenters. The largest absolute Gasteiger partial charge is 0.296 e. The number of aliphatic imine (C=N–C) groups is 1. The highest BCUT2D eigenvalue weighted by atomic mass is 35.5. The van der Waals surface area contributed by atoms with E-state index in [-0.39, 0.29) is 20.9 Å². The summed E-state index contributed by atoms with van der Waals surface area (Å²) >= 11 is 12.7. The van der Waals surface area contributed by atoms with Crippen molar-refractivity contribution in [3.05, 3.63) is 22.2 Å². The van der Waals surface area contributed by atoms with Crippen LogP contribution in [0.2, 0.25) is 10.0 Å². The van der Waals surface area contributed by atoms with Gasteiger partial charge in [0, 0.05) is 0 Å². The predicted octanol–water partition coefficient (Wildman–Crippen LogP) is 2.66. The van der Waals surface area contributed by atoms with Gasteiger partial charge in [0.25, 0.3) is 10.1 Å². The summed E-state index contributed by atoms with van der Waals surface area (Å²) < 4.78 is 31.0. The zero-order valence-corrected chi connectivity index (χ0v) is 12.5. The summed E-state index contributed by atoms with van der Waals surface area (Å²) in [4.78, 5) is 3.50. The summed E-state index contributed by atoms with van der Waals surface area (Å²) in [7, 11) is -4.46. The second-order valence-electron chi connectivity index (χ2n) is 3.07. The quantitative estimate of drug-likeness (QED) is 0.282. The van der Waals surface area contributed by atoms with Gasteiger partial charge in [-0.15, -0.1) is 0 Å². The molecule has 0 aromatic heterocycles. The van der Waals surface area contributed by atoms with E-state index < -0.39 is 15.0 Å². The van der Waals surface area contributed by atoms with Crippen LogP contribution in [-0.2, 0) is 10.1 Å². The summed E-state index contributed by atoms with van der Waals surface area (Å²) in [6.07, 6.45) is 3.38. The lowest BCUT2D eigenvalue weighted by Gasteiger charge is -2.06. The Morgan fingerprint density at radius 2 is 2.11 bits per heavy atom. The van der Waals surface area contributed by atoms with Crippen molar-refractivity contribution in [2.75, 3.05) is 6.26 Å². The molecule has 0 aliphatic heterocycles. The van der Waals surface area contributed by atoms with Gasteiger partial charge >= 0.3 is 0 Å². The fourth-order valence-corrected chi connectivity index (χ4v) is 2.71. The first-order chi connectivity index (χ1) is 8.79. The summed E-state index contributed by atoms with van der Waals surface area (Å²) in [5, 5.41) is 10.8. The number of hydrogen-bond donors (Lipinski definition) is 2. The first-order valence-corrected chi connectivity index (χ1v) is 7.96.